The second kappa shape index (κ2) is 9.76. The fourth-order valence-electron chi connectivity index (χ4n) is 2.72. The Morgan fingerprint density at radius 1 is 0.963 bits per heavy atom. The molecule has 0 radical (unpaired) electrons. The highest BCUT2D eigenvalue weighted by Gasteiger charge is 2.20. The van der Waals surface area contributed by atoms with Gasteiger partial charge in [-0.2, -0.15) is 0 Å². The van der Waals surface area contributed by atoms with Crippen molar-refractivity contribution in [3.63, 3.8) is 0 Å². The molecule has 0 saturated carbocycles. The average molecular weight is 367 g/mol. The Balaban J connectivity index is 2.11. The smallest absolute Gasteiger partial charge is 0.319 e. The van der Waals surface area contributed by atoms with Crippen molar-refractivity contribution in [1.82, 2.24) is 10.2 Å². The van der Waals surface area contributed by atoms with Crippen LogP contribution in [0, 0.1) is 0 Å². The van der Waals surface area contributed by atoms with Gasteiger partial charge in [0.05, 0.1) is 0 Å². The second-order valence-corrected chi connectivity index (χ2v) is 7.01. The Bertz CT molecular complexity index is 742. The maximum atomic E-state index is 13.1. The summed E-state index contributed by atoms with van der Waals surface area (Å²) in [7, 11) is 0. The summed E-state index contributed by atoms with van der Waals surface area (Å²) < 4.78 is 0. The molecule has 144 valence electrons. The molecule has 0 bridgehead atoms. The van der Waals surface area contributed by atoms with Gasteiger partial charge < -0.3 is 15.5 Å². The highest BCUT2D eigenvalue weighted by Crippen LogP contribution is 2.17. The lowest BCUT2D eigenvalue weighted by atomic mass is 10.1. The van der Waals surface area contributed by atoms with Crippen LogP contribution in [0.15, 0.2) is 54.6 Å². The summed E-state index contributed by atoms with van der Waals surface area (Å²) >= 11 is 0. The van der Waals surface area contributed by atoms with Crippen LogP contribution in [-0.4, -0.2) is 28.9 Å². The van der Waals surface area contributed by atoms with E-state index in [1.54, 1.807) is 24.3 Å². The van der Waals surface area contributed by atoms with Crippen LogP contribution in [0.4, 0.5) is 10.5 Å². The van der Waals surface area contributed by atoms with Crippen molar-refractivity contribution < 1.29 is 9.59 Å². The van der Waals surface area contributed by atoms with E-state index in [9.17, 15) is 9.59 Å². The van der Waals surface area contributed by atoms with Crippen LogP contribution in [-0.2, 0) is 6.54 Å². The molecule has 0 aliphatic rings. The number of rotatable bonds is 7. The van der Waals surface area contributed by atoms with Gasteiger partial charge in [0.1, 0.15) is 0 Å². The average Bonchev–Trinajstić information content (AvgIpc) is 2.65. The molecule has 2 N–H and O–H groups in total. The third kappa shape index (κ3) is 6.13. The monoisotopic (exact) mass is 367 g/mol. The van der Waals surface area contributed by atoms with Gasteiger partial charge in [-0.3, -0.25) is 4.79 Å². The van der Waals surface area contributed by atoms with Gasteiger partial charge in [-0.1, -0.05) is 37.3 Å². The van der Waals surface area contributed by atoms with E-state index in [-0.39, 0.29) is 24.0 Å². The number of benzene rings is 2. The molecule has 27 heavy (non-hydrogen) atoms. The molecular weight excluding hydrogens is 338 g/mol. The van der Waals surface area contributed by atoms with Crippen LogP contribution in [0.3, 0.4) is 0 Å². The lowest BCUT2D eigenvalue weighted by molar-refractivity contribution is 0.0671. The minimum Gasteiger partial charge on any atom is -0.336 e. The number of hydrogen-bond acceptors (Lipinski definition) is 2. The molecule has 2 aromatic carbocycles. The first-order valence-electron chi connectivity index (χ1n) is 9.43. The third-order valence-electron chi connectivity index (χ3n) is 4.39. The van der Waals surface area contributed by atoms with Crippen LogP contribution < -0.4 is 10.6 Å². The quantitative estimate of drug-likeness (QED) is 0.748. The maximum Gasteiger partial charge on any atom is 0.319 e. The first kappa shape index (κ1) is 20.5. The van der Waals surface area contributed by atoms with Crippen LogP contribution in [0.1, 0.15) is 50.0 Å². The number of carbonyl (C=O) groups excluding carboxylic acids is 2. The van der Waals surface area contributed by atoms with Gasteiger partial charge in [-0.15, -0.1) is 0 Å². The van der Waals surface area contributed by atoms with Gasteiger partial charge in [-0.05, 0) is 57.0 Å². The van der Waals surface area contributed by atoms with Crippen molar-refractivity contribution in [2.24, 2.45) is 0 Å². The fourth-order valence-corrected chi connectivity index (χ4v) is 2.72. The maximum absolute atomic E-state index is 13.1. The summed E-state index contributed by atoms with van der Waals surface area (Å²) in [4.78, 5) is 26.7. The molecular formula is C22H29N3O2. The Morgan fingerprint density at radius 3 is 2.15 bits per heavy atom. The lowest BCUT2D eigenvalue weighted by Crippen LogP contribution is -2.37. The van der Waals surface area contributed by atoms with E-state index in [0.29, 0.717) is 17.8 Å². The van der Waals surface area contributed by atoms with Gasteiger partial charge >= 0.3 is 6.03 Å². The molecule has 0 heterocycles. The summed E-state index contributed by atoms with van der Waals surface area (Å²) in [6.45, 7) is 8.52. The first-order chi connectivity index (χ1) is 12.9. The van der Waals surface area contributed by atoms with E-state index in [4.69, 9.17) is 0 Å². The lowest BCUT2D eigenvalue weighted by Gasteiger charge is -2.29. The van der Waals surface area contributed by atoms with E-state index >= 15 is 0 Å². The Labute approximate surface area is 161 Å². The number of hydrogen-bond donors (Lipinski definition) is 2. The number of nitrogens with zero attached hydrogens (tertiary/aromatic N) is 1. The zero-order valence-corrected chi connectivity index (χ0v) is 16.5. The van der Waals surface area contributed by atoms with E-state index in [2.05, 4.69) is 24.5 Å². The normalized spacial score (nSPS) is 11.7. The van der Waals surface area contributed by atoms with E-state index in [1.165, 1.54) is 0 Å². The zero-order valence-electron chi connectivity index (χ0n) is 16.5. The fraction of sp³-hybridized carbons (Fsp3) is 0.364. The number of nitrogens with one attached hydrogen (secondary N) is 2. The zero-order chi connectivity index (χ0) is 19.8. The second-order valence-electron chi connectivity index (χ2n) is 7.01. The van der Waals surface area contributed by atoms with Gasteiger partial charge in [0.25, 0.3) is 5.91 Å². The summed E-state index contributed by atoms with van der Waals surface area (Å²) in [6.07, 6.45) is 0.883. The van der Waals surface area contributed by atoms with Gasteiger partial charge in [-0.25, -0.2) is 4.79 Å². The topological polar surface area (TPSA) is 61.4 Å². The van der Waals surface area contributed by atoms with E-state index in [1.807, 2.05) is 49.1 Å². The van der Waals surface area contributed by atoms with Crippen molar-refractivity contribution in [3.8, 4) is 0 Å². The first-order valence-corrected chi connectivity index (χ1v) is 9.43. The summed E-state index contributed by atoms with van der Waals surface area (Å²) in [6, 6.07) is 17.0. The molecule has 2 rings (SSSR count). The molecule has 0 saturated heterocycles. The van der Waals surface area contributed by atoms with Crippen molar-refractivity contribution in [2.75, 3.05) is 5.32 Å². The molecule has 1 unspecified atom stereocenters. The largest absolute Gasteiger partial charge is 0.336 e. The minimum absolute atomic E-state index is 0.00798. The van der Waals surface area contributed by atoms with Crippen molar-refractivity contribution in [1.29, 1.82) is 0 Å². The predicted octanol–water partition coefficient (Wildman–Crippen LogP) is 4.66. The highest BCUT2D eigenvalue weighted by atomic mass is 16.2. The molecule has 5 nitrogen and oxygen atoms in total. The predicted molar refractivity (Wildman–Crippen MR) is 110 cm³/mol. The number of carbonyl (C=O) groups is 2. The standard InChI is InChI=1S/C22H29N3O2/c1-5-17(4)25(15-18-9-7-6-8-10-18)21(26)19-11-13-20(14-12-19)24-22(27)23-16(2)3/h6-14,16-17H,5,15H2,1-4H3,(H2,23,24,27). The van der Waals surface area contributed by atoms with Gasteiger partial charge in [0.2, 0.25) is 0 Å². The van der Waals surface area contributed by atoms with Crippen molar-refractivity contribution in [2.45, 2.75) is 52.7 Å². The van der Waals surface area contributed by atoms with Crippen LogP contribution >= 0.6 is 0 Å². The molecule has 1 atom stereocenters. The Morgan fingerprint density at radius 2 is 1.59 bits per heavy atom. The minimum atomic E-state index is -0.255. The molecule has 0 spiro atoms. The number of anilines is 1. The van der Waals surface area contributed by atoms with E-state index < -0.39 is 0 Å². The van der Waals surface area contributed by atoms with E-state index in [0.717, 1.165) is 12.0 Å². The third-order valence-corrected chi connectivity index (χ3v) is 4.39. The number of amides is 3. The Hall–Kier alpha value is -2.82. The van der Waals surface area contributed by atoms with Crippen molar-refractivity contribution >= 4 is 17.6 Å². The molecule has 2 aromatic rings. The molecule has 0 aliphatic heterocycles. The Kier molecular flexibility index (Phi) is 7.41. The molecule has 3 amide bonds. The molecule has 0 aromatic heterocycles. The van der Waals surface area contributed by atoms with Crippen molar-refractivity contribution in [3.05, 3.63) is 65.7 Å². The summed E-state index contributed by atoms with van der Waals surface area (Å²) in [5, 5.41) is 5.54. The van der Waals surface area contributed by atoms with Crippen LogP contribution in [0.5, 0.6) is 0 Å². The SMILES string of the molecule is CCC(C)N(Cc1ccccc1)C(=O)c1ccc(NC(=O)NC(C)C)cc1. The number of urea groups is 1. The van der Waals surface area contributed by atoms with Gasteiger partial charge in [0, 0.05) is 29.9 Å². The van der Waals surface area contributed by atoms with Gasteiger partial charge in [0.15, 0.2) is 0 Å². The molecule has 5 heteroatoms. The molecule has 0 fully saturated rings. The van der Waals surface area contributed by atoms with Crippen LogP contribution in [0.25, 0.3) is 0 Å². The summed E-state index contributed by atoms with van der Waals surface area (Å²) in [5.74, 6) is -0.00798. The molecule has 0 aliphatic carbocycles. The summed E-state index contributed by atoms with van der Waals surface area (Å²) in [5.41, 5.74) is 2.37. The highest BCUT2D eigenvalue weighted by molar-refractivity contribution is 5.95. The van der Waals surface area contributed by atoms with Crippen LogP contribution in [0.2, 0.25) is 0 Å².